The molecule has 0 aromatic carbocycles. The fourth-order valence-corrected chi connectivity index (χ4v) is 3.51. The zero-order valence-corrected chi connectivity index (χ0v) is 13.0. The van der Waals surface area contributed by atoms with Crippen LogP contribution in [0.2, 0.25) is 0 Å². The van der Waals surface area contributed by atoms with Crippen molar-refractivity contribution in [3.8, 4) is 0 Å². The summed E-state index contributed by atoms with van der Waals surface area (Å²) in [6.45, 7) is 5.72. The minimum Gasteiger partial charge on any atom is -0.477 e. The van der Waals surface area contributed by atoms with Gasteiger partial charge in [0.2, 0.25) is 5.16 Å². The summed E-state index contributed by atoms with van der Waals surface area (Å²) >= 11 is 2.38. The summed E-state index contributed by atoms with van der Waals surface area (Å²) < 4.78 is 0.619. The smallest absolute Gasteiger partial charge is 0.347 e. The van der Waals surface area contributed by atoms with Crippen molar-refractivity contribution in [3.63, 3.8) is 0 Å². The highest BCUT2D eigenvalue weighted by Gasteiger charge is 2.16. The summed E-state index contributed by atoms with van der Waals surface area (Å²) in [5, 5.41) is 17.7. The standard InChI is InChI=1S/C12H14N4O2S2/c1-4-7-8(5-2)15-16-11(14-7)20-12-13-6(3)9(19-12)10(17)18/h4-5H2,1-3H3,(H,17,18). The number of hydrogen-bond acceptors (Lipinski definition) is 7. The first-order chi connectivity index (χ1) is 9.55. The van der Waals surface area contributed by atoms with Crippen LogP contribution >= 0.6 is 23.1 Å². The van der Waals surface area contributed by atoms with E-state index in [1.807, 2.05) is 13.8 Å². The molecule has 0 spiro atoms. The molecule has 0 unspecified atom stereocenters. The Morgan fingerprint density at radius 1 is 1.20 bits per heavy atom. The second-order valence-electron chi connectivity index (χ2n) is 4.00. The first kappa shape index (κ1) is 14.9. The largest absolute Gasteiger partial charge is 0.477 e. The number of rotatable bonds is 5. The summed E-state index contributed by atoms with van der Waals surface area (Å²) in [5.74, 6) is -0.957. The van der Waals surface area contributed by atoms with Gasteiger partial charge in [-0.3, -0.25) is 0 Å². The van der Waals surface area contributed by atoms with Gasteiger partial charge in [0.15, 0.2) is 4.34 Å². The predicted octanol–water partition coefficient (Wildman–Crippen LogP) is 2.61. The van der Waals surface area contributed by atoms with Crippen LogP contribution in [0, 0.1) is 6.92 Å². The molecule has 0 saturated heterocycles. The Balaban J connectivity index is 2.26. The molecule has 1 N–H and O–H groups in total. The number of hydrogen-bond donors (Lipinski definition) is 1. The fraction of sp³-hybridized carbons (Fsp3) is 0.417. The fourth-order valence-electron chi connectivity index (χ4n) is 1.66. The Labute approximate surface area is 124 Å². The van der Waals surface area contributed by atoms with Crippen LogP contribution in [-0.4, -0.2) is 31.2 Å². The highest BCUT2D eigenvalue weighted by Crippen LogP contribution is 2.31. The van der Waals surface area contributed by atoms with Crippen LogP contribution in [-0.2, 0) is 12.8 Å². The number of nitrogens with zero attached hydrogens (tertiary/aromatic N) is 4. The van der Waals surface area contributed by atoms with Crippen LogP contribution in [0.25, 0.3) is 0 Å². The van der Waals surface area contributed by atoms with Crippen LogP contribution in [0.3, 0.4) is 0 Å². The minimum absolute atomic E-state index is 0.251. The molecule has 0 aliphatic heterocycles. The minimum atomic E-state index is -0.957. The van der Waals surface area contributed by atoms with Gasteiger partial charge in [-0.25, -0.2) is 14.8 Å². The van der Waals surface area contributed by atoms with Gasteiger partial charge < -0.3 is 5.11 Å². The number of carbonyl (C=O) groups is 1. The molecule has 0 aliphatic carbocycles. The van der Waals surface area contributed by atoms with Crippen LogP contribution in [0.4, 0.5) is 0 Å². The summed E-state index contributed by atoms with van der Waals surface area (Å²) in [6.07, 6.45) is 1.59. The number of thiazole rings is 1. The lowest BCUT2D eigenvalue weighted by Crippen LogP contribution is -2.03. The lowest BCUT2D eigenvalue weighted by atomic mass is 10.2. The molecule has 2 aromatic heterocycles. The van der Waals surface area contributed by atoms with Crippen molar-refractivity contribution in [2.45, 2.75) is 43.1 Å². The van der Waals surface area contributed by atoms with Gasteiger partial charge in [-0.05, 0) is 31.5 Å². The molecule has 0 aliphatic rings. The number of carboxylic acids is 1. The highest BCUT2D eigenvalue weighted by atomic mass is 32.2. The average Bonchev–Trinajstić information content (AvgIpc) is 2.79. The van der Waals surface area contributed by atoms with Crippen molar-refractivity contribution in [1.82, 2.24) is 20.2 Å². The van der Waals surface area contributed by atoms with Crippen molar-refractivity contribution >= 4 is 29.1 Å². The molecule has 0 atom stereocenters. The van der Waals surface area contributed by atoms with E-state index in [1.54, 1.807) is 6.92 Å². The van der Waals surface area contributed by atoms with Gasteiger partial charge in [-0.1, -0.05) is 25.2 Å². The van der Waals surface area contributed by atoms with Crippen LogP contribution in [0.5, 0.6) is 0 Å². The van der Waals surface area contributed by atoms with Gasteiger partial charge in [-0.2, -0.15) is 5.10 Å². The summed E-state index contributed by atoms with van der Waals surface area (Å²) in [7, 11) is 0. The molecule has 0 fully saturated rings. The topological polar surface area (TPSA) is 88.9 Å². The third-order valence-corrected chi connectivity index (χ3v) is 4.70. The number of aromatic carboxylic acids is 1. The Bertz CT molecular complexity index is 642. The zero-order valence-electron chi connectivity index (χ0n) is 11.4. The highest BCUT2D eigenvalue weighted by molar-refractivity contribution is 8.00. The number of aromatic nitrogens is 4. The molecular formula is C12H14N4O2S2. The Kier molecular flexibility index (Phi) is 4.66. The van der Waals surface area contributed by atoms with Crippen LogP contribution in [0.15, 0.2) is 9.50 Å². The first-order valence-corrected chi connectivity index (χ1v) is 7.79. The SMILES string of the molecule is CCc1nnc(Sc2nc(C)c(C(=O)O)s2)nc1CC. The number of aryl methyl sites for hydroxylation is 3. The van der Waals surface area contributed by atoms with E-state index in [2.05, 4.69) is 20.2 Å². The van der Waals surface area contributed by atoms with Crippen molar-refractivity contribution in [2.24, 2.45) is 0 Å². The maximum atomic E-state index is 11.0. The molecule has 0 saturated carbocycles. The molecular weight excluding hydrogens is 296 g/mol. The van der Waals surface area contributed by atoms with Crippen molar-refractivity contribution in [1.29, 1.82) is 0 Å². The lowest BCUT2D eigenvalue weighted by molar-refractivity contribution is 0.0701. The molecule has 20 heavy (non-hydrogen) atoms. The third-order valence-electron chi connectivity index (χ3n) is 2.64. The third kappa shape index (κ3) is 3.13. The first-order valence-electron chi connectivity index (χ1n) is 6.16. The molecule has 0 bridgehead atoms. The second-order valence-corrected chi connectivity index (χ2v) is 6.21. The van der Waals surface area contributed by atoms with E-state index in [0.717, 1.165) is 35.6 Å². The molecule has 2 aromatic rings. The van der Waals surface area contributed by atoms with Gasteiger partial charge in [0, 0.05) is 0 Å². The average molecular weight is 310 g/mol. The van der Waals surface area contributed by atoms with Crippen molar-refractivity contribution in [3.05, 3.63) is 22.0 Å². The monoisotopic (exact) mass is 310 g/mol. The predicted molar refractivity (Wildman–Crippen MR) is 76.5 cm³/mol. The molecule has 8 heteroatoms. The molecule has 6 nitrogen and oxygen atoms in total. The van der Waals surface area contributed by atoms with E-state index in [-0.39, 0.29) is 4.88 Å². The van der Waals surface area contributed by atoms with E-state index in [1.165, 1.54) is 11.8 Å². The Hall–Kier alpha value is -1.54. The Morgan fingerprint density at radius 3 is 2.45 bits per heavy atom. The van der Waals surface area contributed by atoms with E-state index >= 15 is 0 Å². The molecule has 2 heterocycles. The summed E-state index contributed by atoms with van der Waals surface area (Å²) in [4.78, 5) is 19.9. The lowest BCUT2D eigenvalue weighted by Gasteiger charge is -2.03. The molecule has 0 amide bonds. The molecule has 0 radical (unpaired) electrons. The van der Waals surface area contributed by atoms with Gasteiger partial charge in [0.25, 0.3) is 0 Å². The van der Waals surface area contributed by atoms with E-state index in [0.29, 0.717) is 15.2 Å². The van der Waals surface area contributed by atoms with Crippen LogP contribution < -0.4 is 0 Å². The Morgan fingerprint density at radius 2 is 1.90 bits per heavy atom. The molecule has 2 rings (SSSR count). The van der Waals surface area contributed by atoms with Gasteiger partial charge in [-0.15, -0.1) is 5.10 Å². The van der Waals surface area contributed by atoms with E-state index in [4.69, 9.17) is 5.11 Å². The zero-order chi connectivity index (χ0) is 14.7. The van der Waals surface area contributed by atoms with Gasteiger partial charge in [0.1, 0.15) is 4.88 Å². The van der Waals surface area contributed by atoms with E-state index in [9.17, 15) is 4.79 Å². The maximum Gasteiger partial charge on any atom is 0.347 e. The van der Waals surface area contributed by atoms with Gasteiger partial charge >= 0.3 is 5.97 Å². The summed E-state index contributed by atoms with van der Waals surface area (Å²) in [6, 6.07) is 0. The maximum absolute atomic E-state index is 11.0. The second kappa shape index (κ2) is 6.27. The van der Waals surface area contributed by atoms with Crippen LogP contribution in [0.1, 0.15) is 40.6 Å². The normalized spacial score (nSPS) is 10.8. The van der Waals surface area contributed by atoms with Crippen molar-refractivity contribution in [2.75, 3.05) is 0 Å². The number of carboxylic acid groups (broad SMARTS) is 1. The van der Waals surface area contributed by atoms with Gasteiger partial charge in [0.05, 0.1) is 17.1 Å². The van der Waals surface area contributed by atoms with Crippen molar-refractivity contribution < 1.29 is 9.90 Å². The summed E-state index contributed by atoms with van der Waals surface area (Å²) in [5.41, 5.74) is 2.34. The van der Waals surface area contributed by atoms with E-state index < -0.39 is 5.97 Å². The quantitative estimate of drug-likeness (QED) is 0.908. The molecule has 106 valence electrons.